The molecule has 8 nitrogen and oxygen atoms in total. The second-order valence-corrected chi connectivity index (χ2v) is 13.1. The predicted octanol–water partition coefficient (Wildman–Crippen LogP) is 5.94. The summed E-state index contributed by atoms with van der Waals surface area (Å²) < 4.78 is 40.8. The van der Waals surface area contributed by atoms with Crippen LogP contribution in [0.1, 0.15) is 51.9 Å². The summed E-state index contributed by atoms with van der Waals surface area (Å²) in [6, 6.07) is 30.2. The summed E-state index contributed by atoms with van der Waals surface area (Å²) in [4.78, 5) is 12.6. The van der Waals surface area contributed by atoms with Gasteiger partial charge >= 0.3 is 5.97 Å². The lowest BCUT2D eigenvalue weighted by atomic mass is 9.91. The third kappa shape index (κ3) is 7.53. The summed E-state index contributed by atoms with van der Waals surface area (Å²) >= 11 is 1.44. The van der Waals surface area contributed by atoms with E-state index in [-0.39, 0.29) is 41.7 Å². The van der Waals surface area contributed by atoms with Gasteiger partial charge in [0.1, 0.15) is 0 Å². The number of carboxylic acid groups (broad SMARTS) is 1. The molecule has 1 saturated heterocycles. The van der Waals surface area contributed by atoms with Gasteiger partial charge in [-0.2, -0.15) is 0 Å². The van der Waals surface area contributed by atoms with Crippen molar-refractivity contribution in [3.05, 3.63) is 131 Å². The Morgan fingerprint density at radius 3 is 2.14 bits per heavy atom. The number of aliphatic hydroxyl groups is 1. The van der Waals surface area contributed by atoms with Gasteiger partial charge in [0.15, 0.2) is 6.29 Å². The fraction of sp³-hybridized carbons (Fsp3) is 0.242. The van der Waals surface area contributed by atoms with E-state index in [4.69, 9.17) is 9.47 Å². The summed E-state index contributed by atoms with van der Waals surface area (Å²) in [5.41, 5.74) is 3.56. The number of carboxylic acids is 1. The first-order valence-electron chi connectivity index (χ1n) is 13.8. The highest BCUT2D eigenvalue weighted by Crippen LogP contribution is 2.43. The molecule has 1 aliphatic rings. The number of carbonyl (C=O) groups is 1. The lowest BCUT2D eigenvalue weighted by Crippen LogP contribution is -2.38. The van der Waals surface area contributed by atoms with Crippen LogP contribution in [0.15, 0.2) is 113 Å². The highest BCUT2D eigenvalue weighted by atomic mass is 32.2. The van der Waals surface area contributed by atoms with Crippen molar-refractivity contribution in [3.63, 3.8) is 0 Å². The largest absolute Gasteiger partial charge is 0.478 e. The number of aliphatic hydroxyl groups excluding tert-OH is 1. The van der Waals surface area contributed by atoms with Gasteiger partial charge in [-0.3, -0.25) is 0 Å². The van der Waals surface area contributed by atoms with Crippen LogP contribution in [0.4, 0.5) is 0 Å². The monoisotopic (exact) mass is 619 g/mol. The molecule has 0 spiro atoms. The van der Waals surface area contributed by atoms with Gasteiger partial charge in [-0.25, -0.2) is 17.9 Å². The second-order valence-electron chi connectivity index (χ2n) is 10.3. The SMILES string of the molecule is C[C@@H]1[C@H](CSc2ccccc2C(=O)O)O[C@H](c2ccc(CNS(=O)(=O)c3ccccc3)cc2)O[C@@H]1c1ccc(CO)cc1. The van der Waals surface area contributed by atoms with Gasteiger partial charge in [-0.1, -0.05) is 85.8 Å². The number of ether oxygens (including phenoxy) is 2. The summed E-state index contributed by atoms with van der Waals surface area (Å²) in [5, 5.41) is 19.1. The van der Waals surface area contributed by atoms with E-state index in [9.17, 15) is 23.4 Å². The molecular weight excluding hydrogens is 586 g/mol. The maximum absolute atomic E-state index is 12.6. The molecule has 5 rings (SSSR count). The third-order valence-corrected chi connectivity index (χ3v) is 10.00. The molecule has 4 aromatic rings. The van der Waals surface area contributed by atoms with Crippen molar-refractivity contribution < 1.29 is 32.9 Å². The van der Waals surface area contributed by atoms with E-state index in [2.05, 4.69) is 11.6 Å². The van der Waals surface area contributed by atoms with Crippen molar-refractivity contribution in [3.8, 4) is 0 Å². The highest BCUT2D eigenvalue weighted by Gasteiger charge is 2.38. The summed E-state index contributed by atoms with van der Waals surface area (Å²) in [6.07, 6.45) is -1.29. The first kappa shape index (κ1) is 30.9. The molecule has 3 N–H and O–H groups in total. The molecule has 1 heterocycles. The van der Waals surface area contributed by atoms with E-state index in [1.54, 1.807) is 48.5 Å². The average Bonchev–Trinajstić information content (AvgIpc) is 3.04. The number of thioether (sulfide) groups is 1. The number of hydrogen-bond donors (Lipinski definition) is 3. The number of benzene rings is 4. The lowest BCUT2D eigenvalue weighted by Gasteiger charge is -2.41. The molecule has 224 valence electrons. The van der Waals surface area contributed by atoms with Crippen molar-refractivity contribution >= 4 is 27.8 Å². The van der Waals surface area contributed by atoms with E-state index >= 15 is 0 Å². The minimum Gasteiger partial charge on any atom is -0.478 e. The number of sulfonamides is 1. The molecule has 1 aliphatic heterocycles. The van der Waals surface area contributed by atoms with Crippen LogP contribution in [-0.4, -0.2) is 36.5 Å². The van der Waals surface area contributed by atoms with Crippen molar-refractivity contribution in [1.82, 2.24) is 4.72 Å². The molecule has 0 amide bonds. The van der Waals surface area contributed by atoms with Crippen molar-refractivity contribution in [1.29, 1.82) is 0 Å². The van der Waals surface area contributed by atoms with Gasteiger partial charge in [0.05, 0.1) is 29.3 Å². The fourth-order valence-electron chi connectivity index (χ4n) is 4.90. The van der Waals surface area contributed by atoms with Gasteiger partial charge < -0.3 is 19.7 Å². The molecule has 0 bridgehead atoms. The fourth-order valence-corrected chi connectivity index (χ4v) is 7.16. The second kappa shape index (κ2) is 13.9. The summed E-state index contributed by atoms with van der Waals surface area (Å²) in [7, 11) is -3.64. The maximum Gasteiger partial charge on any atom is 0.336 e. The molecule has 43 heavy (non-hydrogen) atoms. The number of nitrogens with one attached hydrogen (secondary N) is 1. The molecule has 0 radical (unpaired) electrons. The molecule has 0 unspecified atom stereocenters. The summed E-state index contributed by atoms with van der Waals surface area (Å²) in [6.45, 7) is 2.13. The van der Waals surface area contributed by atoms with E-state index in [0.29, 0.717) is 10.6 Å². The standard InChI is InChI=1S/C33H33NO7S2/c1-22-29(21-42-30-10-6-5-9-28(30)32(36)37)40-33(41-31(22)25-15-13-24(20-35)14-16-25)26-17-11-23(12-18-26)19-34-43(38,39)27-7-3-2-4-8-27/h2-18,22,29,31,33-35H,19-21H2,1H3,(H,36,37)/t22-,29+,31+,33+/m1/s1. The Morgan fingerprint density at radius 1 is 0.837 bits per heavy atom. The Balaban J connectivity index is 1.34. The van der Waals surface area contributed by atoms with Crippen LogP contribution in [0.5, 0.6) is 0 Å². The molecular formula is C33H33NO7S2. The molecule has 4 aromatic carbocycles. The number of rotatable bonds is 11. The zero-order valence-electron chi connectivity index (χ0n) is 23.5. The zero-order valence-corrected chi connectivity index (χ0v) is 25.1. The van der Waals surface area contributed by atoms with Gasteiger partial charge in [-0.15, -0.1) is 11.8 Å². The number of hydrogen-bond acceptors (Lipinski definition) is 7. The Morgan fingerprint density at radius 2 is 1.47 bits per heavy atom. The minimum atomic E-state index is -3.64. The van der Waals surface area contributed by atoms with Gasteiger partial charge in [0.2, 0.25) is 10.0 Å². The Bertz CT molecular complexity index is 1630. The van der Waals surface area contributed by atoms with Crippen molar-refractivity contribution in [2.75, 3.05) is 5.75 Å². The van der Waals surface area contributed by atoms with Crippen LogP contribution in [0, 0.1) is 5.92 Å². The molecule has 0 saturated carbocycles. The normalized spacial score (nSPS) is 20.5. The van der Waals surface area contributed by atoms with Crippen molar-refractivity contribution in [2.45, 2.75) is 48.4 Å². The Labute approximate surface area is 255 Å². The van der Waals surface area contributed by atoms with E-state index in [0.717, 1.165) is 22.3 Å². The van der Waals surface area contributed by atoms with Crippen molar-refractivity contribution in [2.24, 2.45) is 5.92 Å². The molecule has 0 aromatic heterocycles. The molecule has 4 atom stereocenters. The summed E-state index contributed by atoms with van der Waals surface area (Å²) in [5.74, 6) is -0.530. The smallest absolute Gasteiger partial charge is 0.336 e. The topological polar surface area (TPSA) is 122 Å². The van der Waals surface area contributed by atoms with Crippen LogP contribution in [-0.2, 0) is 32.6 Å². The Kier molecular flexibility index (Phi) is 9.97. The van der Waals surface area contributed by atoms with Crippen LogP contribution >= 0.6 is 11.8 Å². The third-order valence-electron chi connectivity index (χ3n) is 7.42. The molecule has 0 aliphatic carbocycles. The van der Waals surface area contributed by atoms with E-state index in [1.807, 2.05) is 54.6 Å². The zero-order chi connectivity index (χ0) is 30.4. The van der Waals surface area contributed by atoms with Gasteiger partial charge in [0, 0.05) is 28.7 Å². The highest BCUT2D eigenvalue weighted by molar-refractivity contribution is 7.99. The maximum atomic E-state index is 12.6. The van der Waals surface area contributed by atoms with Crippen LogP contribution in [0.2, 0.25) is 0 Å². The number of aromatic carboxylic acids is 1. The molecule has 1 fully saturated rings. The predicted molar refractivity (Wildman–Crippen MR) is 164 cm³/mol. The Hall–Kier alpha value is -3.51. The average molecular weight is 620 g/mol. The lowest BCUT2D eigenvalue weighted by molar-refractivity contribution is -0.268. The first-order chi connectivity index (χ1) is 20.7. The quantitative estimate of drug-likeness (QED) is 0.176. The van der Waals surface area contributed by atoms with E-state index < -0.39 is 22.3 Å². The van der Waals surface area contributed by atoms with Crippen LogP contribution in [0.25, 0.3) is 0 Å². The van der Waals surface area contributed by atoms with Gasteiger partial charge in [-0.05, 0) is 41.0 Å². The first-order valence-corrected chi connectivity index (χ1v) is 16.3. The van der Waals surface area contributed by atoms with Crippen LogP contribution < -0.4 is 4.72 Å². The van der Waals surface area contributed by atoms with Gasteiger partial charge in [0.25, 0.3) is 0 Å². The minimum absolute atomic E-state index is 0.0524. The van der Waals surface area contributed by atoms with E-state index in [1.165, 1.54) is 11.8 Å². The van der Waals surface area contributed by atoms with Crippen LogP contribution in [0.3, 0.4) is 0 Å². The molecule has 10 heteroatoms.